The van der Waals surface area contributed by atoms with Crippen molar-refractivity contribution in [2.24, 2.45) is 0 Å². The number of nitriles is 1. The minimum absolute atomic E-state index is 0.521. The van der Waals surface area contributed by atoms with Crippen LogP contribution in [-0.4, -0.2) is 13.7 Å². The molecule has 13 rings (SSSR count). The third-order valence-electron chi connectivity index (χ3n) is 13.8. The van der Waals surface area contributed by atoms with Gasteiger partial charge in [-0.1, -0.05) is 158 Å². The second-order valence-electron chi connectivity index (χ2n) is 17.2. The minimum atomic E-state index is -0.521. The second-order valence-corrected chi connectivity index (χ2v) is 17.2. The molecule has 0 bridgehead atoms. The number of fused-ring (bicyclic) bond motifs is 9. The first-order chi connectivity index (χ1) is 32.7. The monoisotopic (exact) mass is 840 g/mol. The van der Waals surface area contributed by atoms with Gasteiger partial charge in [0.2, 0.25) is 0 Å². The van der Waals surface area contributed by atoms with Gasteiger partial charge in [-0.3, -0.25) is 0 Å². The van der Waals surface area contributed by atoms with E-state index in [1.165, 1.54) is 43.8 Å². The summed E-state index contributed by atoms with van der Waals surface area (Å²) in [5.74, 6) is 0. The molecule has 308 valence electrons. The Hall–Kier alpha value is -8.91. The maximum atomic E-state index is 9.74. The molecule has 10 aromatic carbocycles. The van der Waals surface area contributed by atoms with Gasteiger partial charge in [0.1, 0.15) is 0 Å². The zero-order chi connectivity index (χ0) is 43.8. The third kappa shape index (κ3) is 5.51. The maximum absolute atomic E-state index is 9.74. The molecule has 13 aromatic rings. The van der Waals surface area contributed by atoms with Crippen LogP contribution in [0.1, 0.15) is 27.8 Å². The van der Waals surface area contributed by atoms with E-state index in [4.69, 9.17) is 0 Å². The first kappa shape index (κ1) is 37.6. The lowest BCUT2D eigenvalue weighted by Crippen LogP contribution is -2.30. The van der Waals surface area contributed by atoms with Crippen LogP contribution in [0.4, 0.5) is 0 Å². The fraction of sp³-hybridized carbons (Fsp3) is 0.0161. The molecular weight excluding hydrogens is 801 g/mol. The lowest BCUT2D eigenvalue weighted by molar-refractivity contribution is 0.745. The highest BCUT2D eigenvalue weighted by Gasteiger charge is 2.38. The van der Waals surface area contributed by atoms with Crippen molar-refractivity contribution in [3.8, 4) is 23.1 Å². The van der Waals surface area contributed by atoms with Crippen LogP contribution in [0, 0.1) is 11.3 Å². The summed E-state index contributed by atoms with van der Waals surface area (Å²) in [6, 6.07) is 90.0. The molecule has 4 heteroatoms. The van der Waals surface area contributed by atoms with Crippen LogP contribution in [0.3, 0.4) is 0 Å². The quantitative estimate of drug-likeness (QED) is 0.147. The van der Waals surface area contributed by atoms with Crippen LogP contribution >= 0.6 is 0 Å². The summed E-state index contributed by atoms with van der Waals surface area (Å²) in [4.78, 5) is 0. The second kappa shape index (κ2) is 14.8. The molecule has 66 heavy (non-hydrogen) atoms. The summed E-state index contributed by atoms with van der Waals surface area (Å²) < 4.78 is 7.16. The number of hydrogen-bond donors (Lipinski definition) is 0. The summed E-state index contributed by atoms with van der Waals surface area (Å²) in [5, 5.41) is 16.7. The van der Waals surface area contributed by atoms with Crippen molar-refractivity contribution in [1.82, 2.24) is 13.7 Å². The van der Waals surface area contributed by atoms with E-state index in [2.05, 4.69) is 250 Å². The van der Waals surface area contributed by atoms with Gasteiger partial charge in [0, 0.05) is 49.4 Å². The van der Waals surface area contributed by atoms with E-state index in [9.17, 15) is 5.26 Å². The SMILES string of the molecule is N#Cc1ccc2c(c1)c1ccccc1n2-c1ccc2c(c1)c1ccccc1n2-c1ccc2c(c1)c1ccccc1n2-c1ccc(C(c2ccccc2)(c2ccccc2)c2ccccc2)cc1. The summed E-state index contributed by atoms with van der Waals surface area (Å²) in [5.41, 5.74) is 15.1. The van der Waals surface area contributed by atoms with Gasteiger partial charge < -0.3 is 13.7 Å². The van der Waals surface area contributed by atoms with Crippen LogP contribution in [0.15, 0.2) is 243 Å². The maximum Gasteiger partial charge on any atom is 0.0991 e. The predicted octanol–water partition coefficient (Wildman–Crippen LogP) is 15.2. The van der Waals surface area contributed by atoms with E-state index >= 15 is 0 Å². The molecule has 0 spiro atoms. The summed E-state index contributed by atoms with van der Waals surface area (Å²) >= 11 is 0. The van der Waals surface area contributed by atoms with Crippen LogP contribution < -0.4 is 0 Å². The fourth-order valence-electron chi connectivity index (χ4n) is 11.0. The molecule has 4 nitrogen and oxygen atoms in total. The molecular formula is C62H40N4. The zero-order valence-corrected chi connectivity index (χ0v) is 35.9. The molecule has 0 fully saturated rings. The Kier molecular flexibility index (Phi) is 8.46. The number of rotatable bonds is 7. The van der Waals surface area contributed by atoms with E-state index in [0.29, 0.717) is 5.56 Å². The lowest BCUT2D eigenvalue weighted by atomic mass is 9.65. The standard InChI is InChI=1S/C62H40N4/c63-41-42-28-35-59-53(38-42)50-22-10-14-26-57(50)65(59)48-34-37-61-55(40-48)52-24-12-15-27-58(52)66(61)49-33-36-60-54(39-49)51-23-11-13-25-56(51)64(60)47-31-29-46(30-32-47)62(43-16-4-1-5-17-43,44-18-6-2-7-19-44)45-20-8-3-9-21-45/h1-40H. The molecule has 0 aliphatic rings. The topological polar surface area (TPSA) is 38.6 Å². The first-order valence-corrected chi connectivity index (χ1v) is 22.5. The molecule has 0 saturated carbocycles. The molecule has 0 radical (unpaired) electrons. The van der Waals surface area contributed by atoms with E-state index in [-0.39, 0.29) is 0 Å². The Morgan fingerprint density at radius 2 is 0.591 bits per heavy atom. The molecule has 0 atom stereocenters. The van der Waals surface area contributed by atoms with Gasteiger partial charge in [-0.05, 0) is 107 Å². The van der Waals surface area contributed by atoms with E-state index < -0.39 is 5.41 Å². The highest BCUT2D eigenvalue weighted by atomic mass is 15.0. The Morgan fingerprint density at radius 1 is 0.273 bits per heavy atom. The summed E-state index contributed by atoms with van der Waals surface area (Å²) in [7, 11) is 0. The molecule has 0 aliphatic carbocycles. The van der Waals surface area contributed by atoms with Crippen molar-refractivity contribution in [2.45, 2.75) is 5.41 Å². The van der Waals surface area contributed by atoms with E-state index in [1.807, 2.05) is 12.1 Å². The zero-order valence-electron chi connectivity index (χ0n) is 35.9. The molecule has 0 amide bonds. The minimum Gasteiger partial charge on any atom is -0.309 e. The van der Waals surface area contributed by atoms with E-state index in [0.717, 1.165) is 60.9 Å². The number of para-hydroxylation sites is 3. The highest BCUT2D eigenvalue weighted by molar-refractivity contribution is 6.14. The highest BCUT2D eigenvalue weighted by Crippen LogP contribution is 2.46. The fourth-order valence-corrected chi connectivity index (χ4v) is 11.0. The van der Waals surface area contributed by atoms with Gasteiger partial charge >= 0.3 is 0 Å². The number of nitrogens with zero attached hydrogens (tertiary/aromatic N) is 4. The van der Waals surface area contributed by atoms with Crippen molar-refractivity contribution < 1.29 is 0 Å². The van der Waals surface area contributed by atoms with Gasteiger partial charge in [-0.2, -0.15) is 5.26 Å². The molecule has 3 heterocycles. The van der Waals surface area contributed by atoms with Gasteiger partial charge in [0.05, 0.1) is 50.1 Å². The smallest absolute Gasteiger partial charge is 0.0991 e. The van der Waals surface area contributed by atoms with Crippen molar-refractivity contribution in [1.29, 1.82) is 5.26 Å². The van der Waals surface area contributed by atoms with Gasteiger partial charge in [0.15, 0.2) is 0 Å². The number of benzene rings is 10. The van der Waals surface area contributed by atoms with Gasteiger partial charge in [0.25, 0.3) is 0 Å². The molecule has 0 N–H and O–H groups in total. The average molecular weight is 841 g/mol. The number of aromatic nitrogens is 3. The van der Waals surface area contributed by atoms with Gasteiger partial charge in [-0.15, -0.1) is 0 Å². The Morgan fingerprint density at radius 3 is 1.02 bits per heavy atom. The predicted molar refractivity (Wildman–Crippen MR) is 272 cm³/mol. The van der Waals surface area contributed by atoms with Crippen LogP contribution in [0.2, 0.25) is 0 Å². The van der Waals surface area contributed by atoms with Crippen molar-refractivity contribution in [3.63, 3.8) is 0 Å². The molecule has 0 unspecified atom stereocenters. The lowest BCUT2D eigenvalue weighted by Gasteiger charge is -2.37. The molecule has 3 aromatic heterocycles. The van der Waals surface area contributed by atoms with Crippen molar-refractivity contribution >= 4 is 65.4 Å². The number of hydrogen-bond acceptors (Lipinski definition) is 1. The Labute approximate surface area is 381 Å². The summed E-state index contributed by atoms with van der Waals surface area (Å²) in [6.07, 6.45) is 0. The van der Waals surface area contributed by atoms with E-state index in [1.54, 1.807) is 0 Å². The van der Waals surface area contributed by atoms with Crippen molar-refractivity contribution in [3.05, 3.63) is 270 Å². The normalized spacial score (nSPS) is 11.9. The van der Waals surface area contributed by atoms with Crippen molar-refractivity contribution in [2.75, 3.05) is 0 Å². The average Bonchev–Trinajstić information content (AvgIpc) is 4.03. The van der Waals surface area contributed by atoms with Crippen LogP contribution in [0.25, 0.3) is 82.5 Å². The van der Waals surface area contributed by atoms with Crippen LogP contribution in [0.5, 0.6) is 0 Å². The summed E-state index contributed by atoms with van der Waals surface area (Å²) in [6.45, 7) is 0. The largest absolute Gasteiger partial charge is 0.309 e. The van der Waals surface area contributed by atoms with Crippen LogP contribution in [-0.2, 0) is 5.41 Å². The third-order valence-corrected chi connectivity index (χ3v) is 13.8. The molecule has 0 aliphatic heterocycles. The Bertz CT molecular complexity index is 3940. The first-order valence-electron chi connectivity index (χ1n) is 22.5. The Balaban J connectivity index is 0.970. The molecule has 0 saturated heterocycles. The van der Waals surface area contributed by atoms with Gasteiger partial charge in [-0.25, -0.2) is 0 Å².